The first-order valence-corrected chi connectivity index (χ1v) is 29.7. The smallest absolute Gasteiger partial charge is 0.136 e. The number of nitrogens with zero attached hydrogens (tertiary/aromatic N) is 2. The summed E-state index contributed by atoms with van der Waals surface area (Å²) in [5.41, 5.74) is 19.1. The summed E-state index contributed by atoms with van der Waals surface area (Å²) in [5.74, 6) is 0. The van der Waals surface area contributed by atoms with Gasteiger partial charge in [0.1, 0.15) is 11.2 Å². The van der Waals surface area contributed by atoms with E-state index in [0.29, 0.717) is 0 Å². The van der Waals surface area contributed by atoms with E-state index in [9.17, 15) is 0 Å². The summed E-state index contributed by atoms with van der Waals surface area (Å²) in [7, 11) is 0. The van der Waals surface area contributed by atoms with Crippen molar-refractivity contribution < 1.29 is 4.42 Å². The second kappa shape index (κ2) is 17.8. The van der Waals surface area contributed by atoms with E-state index in [4.69, 9.17) is 4.42 Å². The average molecular weight is 1080 g/mol. The van der Waals surface area contributed by atoms with E-state index in [1.807, 2.05) is 0 Å². The van der Waals surface area contributed by atoms with Gasteiger partial charge in [0.2, 0.25) is 0 Å². The van der Waals surface area contributed by atoms with Crippen molar-refractivity contribution in [2.75, 3.05) is 0 Å². The summed E-state index contributed by atoms with van der Waals surface area (Å²) >= 11 is 0. The van der Waals surface area contributed by atoms with E-state index in [1.54, 1.807) is 0 Å². The number of benzene rings is 12. The number of fused-ring (bicyclic) bond motifs is 13. The van der Waals surface area contributed by atoms with E-state index in [-0.39, 0.29) is 21.7 Å². The molecule has 0 amide bonds. The second-order valence-electron chi connectivity index (χ2n) is 27.7. The topological polar surface area (TPSA) is 23.0 Å². The van der Waals surface area contributed by atoms with Crippen LogP contribution in [0.5, 0.6) is 0 Å². The highest BCUT2D eigenvalue weighted by Gasteiger charge is 2.28. The average Bonchev–Trinajstić information content (AvgIpc) is 2.13. The van der Waals surface area contributed by atoms with Crippen LogP contribution in [0, 0.1) is 0 Å². The molecule has 15 rings (SSSR count). The van der Waals surface area contributed by atoms with E-state index in [1.165, 1.54) is 131 Å². The number of hydrogen-bond donors (Lipinski definition) is 0. The van der Waals surface area contributed by atoms with Crippen LogP contribution in [-0.2, 0) is 21.7 Å². The van der Waals surface area contributed by atoms with Crippen LogP contribution in [0.15, 0.2) is 211 Å². The van der Waals surface area contributed by atoms with Crippen molar-refractivity contribution in [3.8, 4) is 33.6 Å². The molecule has 3 nitrogen and oxygen atoms in total. The minimum absolute atomic E-state index is 0.000599. The molecule has 0 unspecified atom stereocenters. The summed E-state index contributed by atoms with van der Waals surface area (Å²) in [5, 5.41) is 17.0. The molecule has 3 heterocycles. The lowest BCUT2D eigenvalue weighted by Crippen LogP contribution is -2.10. The van der Waals surface area contributed by atoms with Gasteiger partial charge in [-0.1, -0.05) is 223 Å². The molecule has 0 radical (unpaired) electrons. The van der Waals surface area contributed by atoms with Crippen LogP contribution < -0.4 is 0 Å². The van der Waals surface area contributed by atoms with Gasteiger partial charge in [-0.05, 0) is 154 Å². The van der Waals surface area contributed by atoms with Crippen LogP contribution in [-0.4, -0.2) is 9.13 Å². The maximum atomic E-state index is 6.95. The molecule has 0 aliphatic carbocycles. The van der Waals surface area contributed by atoms with Crippen molar-refractivity contribution in [3.63, 3.8) is 0 Å². The van der Waals surface area contributed by atoms with Gasteiger partial charge in [-0.2, -0.15) is 0 Å². The number of hydrogen-bond acceptors (Lipinski definition) is 1. The molecular weight excluding hydrogens is 1000 g/mol. The first-order valence-electron chi connectivity index (χ1n) is 29.7. The molecule has 83 heavy (non-hydrogen) atoms. The van der Waals surface area contributed by atoms with Crippen LogP contribution in [0.25, 0.3) is 142 Å². The van der Waals surface area contributed by atoms with Crippen LogP contribution in [0.3, 0.4) is 0 Å². The number of aromatic nitrogens is 2. The lowest BCUT2D eigenvalue weighted by molar-refractivity contribution is 0.590. The number of furan rings is 1. The van der Waals surface area contributed by atoms with Crippen LogP contribution in [0.2, 0.25) is 0 Å². The van der Waals surface area contributed by atoms with Crippen molar-refractivity contribution in [1.29, 1.82) is 0 Å². The van der Waals surface area contributed by atoms with Gasteiger partial charge in [-0.15, -0.1) is 0 Å². The van der Waals surface area contributed by atoms with Gasteiger partial charge in [-0.25, -0.2) is 0 Å². The summed E-state index contributed by atoms with van der Waals surface area (Å²) in [6.07, 6.45) is 0. The molecule has 0 fully saturated rings. The Labute approximate surface area is 486 Å². The molecule has 3 heteroatoms. The second-order valence-corrected chi connectivity index (χ2v) is 27.7. The Bertz CT molecular complexity index is 4980. The van der Waals surface area contributed by atoms with Crippen molar-refractivity contribution >= 4 is 109 Å². The highest BCUT2D eigenvalue weighted by atomic mass is 16.3. The molecule has 0 atom stereocenters. The SMILES string of the molecule is CC(C)(C)c1ccc2c(c1)c1cc(C(C)(C)C)ccc1n2-c1c2ccccc2c(-c2ccc3oc4cccc(-c5c6ccccc6c(-n6c7ccc(C(C)(C)C)cc7c7cc(C(C)(C)C)ccc76)c6ccccc56)c4c3c2)c2ccccc12. The van der Waals surface area contributed by atoms with E-state index in [2.05, 4.69) is 298 Å². The normalized spacial score (nSPS) is 13.1. The Balaban J connectivity index is 0.978. The van der Waals surface area contributed by atoms with Crippen molar-refractivity contribution in [3.05, 3.63) is 229 Å². The molecule has 15 aromatic rings. The quantitative estimate of drug-likeness (QED) is 0.161. The molecule has 3 aromatic heterocycles. The molecule has 406 valence electrons. The highest BCUT2D eigenvalue weighted by Crippen LogP contribution is 2.50. The number of rotatable bonds is 4. The zero-order valence-electron chi connectivity index (χ0n) is 49.9. The highest BCUT2D eigenvalue weighted by molar-refractivity contribution is 6.27. The van der Waals surface area contributed by atoms with Gasteiger partial charge < -0.3 is 13.6 Å². The minimum Gasteiger partial charge on any atom is -0.456 e. The first kappa shape index (κ1) is 51.0. The molecular formula is C80H70N2O. The summed E-state index contributed by atoms with van der Waals surface area (Å²) in [4.78, 5) is 0. The fourth-order valence-electron chi connectivity index (χ4n) is 13.9. The minimum atomic E-state index is -0.000599. The largest absolute Gasteiger partial charge is 0.456 e. The lowest BCUT2D eigenvalue weighted by Gasteiger charge is -2.21. The van der Waals surface area contributed by atoms with E-state index < -0.39 is 0 Å². The zero-order chi connectivity index (χ0) is 57.2. The molecule has 0 bridgehead atoms. The Kier molecular flexibility index (Phi) is 10.9. The molecule has 0 saturated carbocycles. The van der Waals surface area contributed by atoms with Gasteiger partial charge in [0.25, 0.3) is 0 Å². The summed E-state index contributed by atoms with van der Waals surface area (Å²) < 4.78 is 12.1. The predicted molar refractivity (Wildman–Crippen MR) is 358 cm³/mol. The van der Waals surface area contributed by atoms with Gasteiger partial charge >= 0.3 is 0 Å². The van der Waals surface area contributed by atoms with Crippen molar-refractivity contribution in [2.45, 2.75) is 105 Å². The Hall–Kier alpha value is -8.92. The first-order chi connectivity index (χ1) is 39.7. The standard InChI is InChI=1S/C80H70N2O/c1-77(2,3)48-33-37-66-61(43-48)62-44-49(78(4,5)6)34-38-67(62)81(66)75-56-26-17-13-22-52(56)72(53-23-14-18-27-57(53)75)47-32-41-70-65(42-47)74-60(30-21-31-71(74)83-70)73-54-24-15-19-28-58(54)76(59-29-20-16-25-55(59)73)82-68-39-35-50(79(7,8)9)45-63(68)64-46-51(80(10,11)12)36-40-69(64)82/h13-46H,1-12H3. The molecule has 0 aliphatic rings. The van der Waals surface area contributed by atoms with Gasteiger partial charge in [0.15, 0.2) is 0 Å². The Morgan fingerprint density at radius 3 is 0.952 bits per heavy atom. The van der Waals surface area contributed by atoms with Gasteiger partial charge in [0, 0.05) is 53.9 Å². The monoisotopic (exact) mass is 1070 g/mol. The molecule has 0 N–H and O–H groups in total. The Morgan fingerprint density at radius 1 is 0.265 bits per heavy atom. The lowest BCUT2D eigenvalue weighted by atomic mass is 9.85. The molecule has 0 spiro atoms. The predicted octanol–water partition coefficient (Wildman–Crippen LogP) is 22.9. The van der Waals surface area contributed by atoms with Gasteiger partial charge in [-0.3, -0.25) is 0 Å². The van der Waals surface area contributed by atoms with Crippen molar-refractivity contribution in [2.24, 2.45) is 0 Å². The van der Waals surface area contributed by atoms with Crippen LogP contribution in [0.1, 0.15) is 105 Å². The Morgan fingerprint density at radius 2 is 0.602 bits per heavy atom. The fourth-order valence-corrected chi connectivity index (χ4v) is 13.9. The third-order valence-electron chi connectivity index (χ3n) is 18.3. The van der Waals surface area contributed by atoms with Crippen molar-refractivity contribution in [1.82, 2.24) is 9.13 Å². The zero-order valence-corrected chi connectivity index (χ0v) is 49.9. The molecule has 0 saturated heterocycles. The van der Waals surface area contributed by atoms with Crippen LogP contribution in [0.4, 0.5) is 0 Å². The van der Waals surface area contributed by atoms with E-state index >= 15 is 0 Å². The van der Waals surface area contributed by atoms with Crippen LogP contribution >= 0.6 is 0 Å². The maximum Gasteiger partial charge on any atom is 0.136 e. The third-order valence-corrected chi connectivity index (χ3v) is 18.3. The molecule has 0 aliphatic heterocycles. The van der Waals surface area contributed by atoms with Gasteiger partial charge in [0.05, 0.1) is 33.4 Å². The maximum absolute atomic E-state index is 6.95. The summed E-state index contributed by atoms with van der Waals surface area (Å²) in [6.45, 7) is 27.8. The fraction of sp³-hybridized carbons (Fsp3) is 0.200. The van der Waals surface area contributed by atoms with E-state index in [0.717, 1.165) is 33.1 Å². The summed E-state index contributed by atoms with van der Waals surface area (Å²) in [6, 6.07) is 78.5. The third kappa shape index (κ3) is 7.76. The molecule has 12 aromatic carbocycles.